The Morgan fingerprint density at radius 2 is 1.78 bits per heavy atom. The van der Waals surface area contributed by atoms with Gasteiger partial charge in [-0.25, -0.2) is 0 Å². The second-order valence-corrected chi connectivity index (χ2v) is 5.32. The average Bonchev–Trinajstić information content (AvgIpc) is 2.27. The van der Waals surface area contributed by atoms with E-state index in [0.29, 0.717) is 5.92 Å². The molecule has 1 aromatic carbocycles. The van der Waals surface area contributed by atoms with Crippen molar-refractivity contribution >= 4 is 5.97 Å². The van der Waals surface area contributed by atoms with Gasteiger partial charge in [0.1, 0.15) is 0 Å². The number of likely N-dealkylation sites (N-methyl/N-ethyl adjacent to an activating group) is 1. The van der Waals surface area contributed by atoms with Gasteiger partial charge in [-0.3, -0.25) is 9.69 Å². The van der Waals surface area contributed by atoms with E-state index in [9.17, 15) is 4.79 Å². The number of carboxylic acids is 1. The normalized spacial score (nSPS) is 13.0. The molecule has 1 aromatic rings. The Morgan fingerprint density at radius 1 is 1.22 bits per heavy atom. The molecule has 0 radical (unpaired) electrons. The third kappa shape index (κ3) is 4.49. The number of carbonyl (C=O) groups is 1. The van der Waals surface area contributed by atoms with Crippen LogP contribution in [0.1, 0.15) is 37.9 Å². The van der Waals surface area contributed by atoms with E-state index in [4.69, 9.17) is 5.11 Å². The molecule has 0 spiro atoms. The molecule has 0 heterocycles. The summed E-state index contributed by atoms with van der Waals surface area (Å²) in [6.07, 6.45) is 1.08. The van der Waals surface area contributed by atoms with Gasteiger partial charge in [-0.05, 0) is 37.4 Å². The van der Waals surface area contributed by atoms with Crippen molar-refractivity contribution in [2.45, 2.75) is 33.2 Å². The predicted octanol–water partition coefficient (Wildman–Crippen LogP) is 2.96. The lowest BCUT2D eigenvalue weighted by Gasteiger charge is -2.23. The molecule has 3 nitrogen and oxygen atoms in total. The first kappa shape index (κ1) is 14.7. The molecule has 0 aliphatic heterocycles. The number of benzene rings is 1. The molecule has 1 atom stereocenters. The molecule has 3 heteroatoms. The first-order valence-electron chi connectivity index (χ1n) is 6.41. The Bertz CT molecular complexity index is 384. The lowest BCUT2D eigenvalue weighted by Crippen LogP contribution is -2.28. The molecule has 100 valence electrons. The maximum absolute atomic E-state index is 10.7. The highest BCUT2D eigenvalue weighted by atomic mass is 16.4. The van der Waals surface area contributed by atoms with Crippen LogP contribution in [-0.4, -0.2) is 29.6 Å². The van der Waals surface area contributed by atoms with Crippen molar-refractivity contribution in [3.8, 4) is 0 Å². The van der Waals surface area contributed by atoms with Crippen LogP contribution >= 0.6 is 0 Å². The van der Waals surface area contributed by atoms with Crippen molar-refractivity contribution in [2.24, 2.45) is 5.92 Å². The van der Waals surface area contributed by atoms with E-state index < -0.39 is 5.97 Å². The Labute approximate surface area is 109 Å². The van der Waals surface area contributed by atoms with Crippen molar-refractivity contribution < 1.29 is 9.90 Å². The summed E-state index contributed by atoms with van der Waals surface area (Å²) in [6, 6.07) is 8.59. The van der Waals surface area contributed by atoms with E-state index in [-0.39, 0.29) is 12.6 Å². The summed E-state index contributed by atoms with van der Waals surface area (Å²) in [5, 5.41) is 8.78. The van der Waals surface area contributed by atoms with Gasteiger partial charge in [0, 0.05) is 6.04 Å². The molecule has 0 amide bonds. The topological polar surface area (TPSA) is 40.5 Å². The molecule has 1 N–H and O–H groups in total. The minimum atomic E-state index is -0.791. The number of rotatable bonds is 6. The van der Waals surface area contributed by atoms with Crippen LogP contribution in [0.15, 0.2) is 24.3 Å². The molecule has 0 saturated heterocycles. The molecule has 0 aromatic heterocycles. The largest absolute Gasteiger partial charge is 0.480 e. The lowest BCUT2D eigenvalue weighted by molar-refractivity contribution is -0.138. The summed E-state index contributed by atoms with van der Waals surface area (Å²) in [7, 11) is 1.83. The summed E-state index contributed by atoms with van der Waals surface area (Å²) in [5.41, 5.74) is 2.49. The van der Waals surface area contributed by atoms with Gasteiger partial charge in [0.05, 0.1) is 6.54 Å². The van der Waals surface area contributed by atoms with E-state index in [1.54, 1.807) is 0 Å². The van der Waals surface area contributed by atoms with Crippen molar-refractivity contribution in [1.82, 2.24) is 4.90 Å². The quantitative estimate of drug-likeness (QED) is 0.842. The molecular weight excluding hydrogens is 226 g/mol. The fourth-order valence-electron chi connectivity index (χ4n) is 2.01. The van der Waals surface area contributed by atoms with Gasteiger partial charge in [-0.15, -0.1) is 0 Å². The van der Waals surface area contributed by atoms with Crippen molar-refractivity contribution in [2.75, 3.05) is 13.6 Å². The molecule has 0 aliphatic carbocycles. The third-order valence-electron chi connectivity index (χ3n) is 3.15. The smallest absolute Gasteiger partial charge is 0.317 e. The first-order valence-corrected chi connectivity index (χ1v) is 6.41. The highest BCUT2D eigenvalue weighted by molar-refractivity contribution is 5.69. The van der Waals surface area contributed by atoms with Crippen LogP contribution in [0.25, 0.3) is 0 Å². The summed E-state index contributed by atoms with van der Waals surface area (Å²) in [5.74, 6) is -0.135. The summed E-state index contributed by atoms with van der Waals surface area (Å²) >= 11 is 0. The summed E-state index contributed by atoms with van der Waals surface area (Å²) in [4.78, 5) is 12.5. The highest BCUT2D eigenvalue weighted by Gasteiger charge is 2.14. The van der Waals surface area contributed by atoms with Crippen molar-refractivity contribution in [3.05, 3.63) is 35.4 Å². The van der Waals surface area contributed by atoms with Crippen LogP contribution in [0.3, 0.4) is 0 Å². The number of carboxylic acid groups (broad SMARTS) is 1. The van der Waals surface area contributed by atoms with Gasteiger partial charge in [-0.1, -0.05) is 38.1 Å². The molecule has 0 saturated carbocycles. The molecule has 1 rings (SSSR count). The van der Waals surface area contributed by atoms with E-state index >= 15 is 0 Å². The van der Waals surface area contributed by atoms with E-state index in [1.807, 2.05) is 18.9 Å². The third-order valence-corrected chi connectivity index (χ3v) is 3.15. The second kappa shape index (κ2) is 6.55. The highest BCUT2D eigenvalue weighted by Crippen LogP contribution is 2.19. The fraction of sp³-hybridized carbons (Fsp3) is 0.533. The predicted molar refractivity (Wildman–Crippen MR) is 73.7 cm³/mol. The maximum Gasteiger partial charge on any atom is 0.317 e. The zero-order chi connectivity index (χ0) is 13.7. The summed E-state index contributed by atoms with van der Waals surface area (Å²) < 4.78 is 0. The zero-order valence-corrected chi connectivity index (χ0v) is 11.7. The molecule has 0 aliphatic rings. The minimum absolute atomic E-state index is 0.0644. The molecule has 0 fully saturated rings. The fourth-order valence-corrected chi connectivity index (χ4v) is 2.01. The Hall–Kier alpha value is -1.35. The molecule has 18 heavy (non-hydrogen) atoms. The number of aliphatic carboxylic acids is 1. The van der Waals surface area contributed by atoms with Gasteiger partial charge >= 0.3 is 5.97 Å². The van der Waals surface area contributed by atoms with Gasteiger partial charge in [0.2, 0.25) is 0 Å². The first-order chi connectivity index (χ1) is 8.40. The number of hydrogen-bond acceptors (Lipinski definition) is 2. The zero-order valence-electron chi connectivity index (χ0n) is 11.7. The molecule has 0 bridgehead atoms. The van der Waals surface area contributed by atoms with Crippen LogP contribution < -0.4 is 0 Å². The van der Waals surface area contributed by atoms with Crippen LogP contribution in [0.5, 0.6) is 0 Å². The maximum atomic E-state index is 10.7. The van der Waals surface area contributed by atoms with Crippen molar-refractivity contribution in [1.29, 1.82) is 0 Å². The number of nitrogens with zero attached hydrogens (tertiary/aromatic N) is 1. The van der Waals surface area contributed by atoms with Crippen LogP contribution in [0, 0.1) is 5.92 Å². The van der Waals surface area contributed by atoms with Crippen molar-refractivity contribution in [3.63, 3.8) is 0 Å². The van der Waals surface area contributed by atoms with Gasteiger partial charge in [0.15, 0.2) is 0 Å². The lowest BCUT2D eigenvalue weighted by atomic mass is 9.99. The average molecular weight is 249 g/mol. The van der Waals surface area contributed by atoms with Gasteiger partial charge in [-0.2, -0.15) is 0 Å². The van der Waals surface area contributed by atoms with Crippen LogP contribution in [0.2, 0.25) is 0 Å². The SMILES string of the molecule is CC(C)Cc1ccc(C(C)N(C)CC(=O)O)cc1. The minimum Gasteiger partial charge on any atom is -0.480 e. The van der Waals surface area contributed by atoms with E-state index in [2.05, 4.69) is 38.1 Å². The number of hydrogen-bond donors (Lipinski definition) is 1. The van der Waals surface area contributed by atoms with Gasteiger partial charge in [0.25, 0.3) is 0 Å². The second-order valence-electron chi connectivity index (χ2n) is 5.32. The van der Waals surface area contributed by atoms with E-state index in [1.165, 1.54) is 5.56 Å². The standard InChI is InChI=1S/C15H23NO2/c1-11(2)9-13-5-7-14(8-6-13)12(3)16(4)10-15(17)18/h5-8,11-12H,9-10H2,1-4H3,(H,17,18). The van der Waals surface area contributed by atoms with Gasteiger partial charge < -0.3 is 5.11 Å². The molecular formula is C15H23NO2. The van der Waals surface area contributed by atoms with Crippen LogP contribution in [-0.2, 0) is 11.2 Å². The summed E-state index contributed by atoms with van der Waals surface area (Å²) in [6.45, 7) is 6.50. The Kier molecular flexibility index (Phi) is 5.35. The van der Waals surface area contributed by atoms with E-state index in [0.717, 1.165) is 12.0 Å². The van der Waals surface area contributed by atoms with Crippen LogP contribution in [0.4, 0.5) is 0 Å². The Balaban J connectivity index is 2.69. The monoisotopic (exact) mass is 249 g/mol. The Morgan fingerprint density at radius 3 is 2.22 bits per heavy atom. The molecule has 1 unspecified atom stereocenters.